The number of hydrogen-bond acceptors (Lipinski definition) is 1. The third-order valence-electron chi connectivity index (χ3n) is 1.78. The van der Waals surface area contributed by atoms with E-state index in [1.54, 1.807) is 0 Å². The predicted octanol–water partition coefficient (Wildman–Crippen LogP) is 2.10. The molecule has 1 heterocycles. The number of allylic oxidation sites excluding steroid dienone is 3. The Morgan fingerprint density at radius 2 is 2.31 bits per heavy atom. The molecule has 1 aliphatic heterocycles. The van der Waals surface area contributed by atoms with Crippen LogP contribution in [0.1, 0.15) is 13.8 Å². The Balaban J connectivity index is 0.00000144. The molecule has 0 saturated heterocycles. The van der Waals surface area contributed by atoms with E-state index in [4.69, 9.17) is 6.42 Å². The van der Waals surface area contributed by atoms with Crippen LogP contribution < -0.4 is 0 Å². The Kier molecular flexibility index (Phi) is 5.29. The van der Waals surface area contributed by atoms with Crippen molar-refractivity contribution < 1.29 is 32.7 Å². The van der Waals surface area contributed by atoms with E-state index in [0.717, 1.165) is 23.4 Å². The van der Waals surface area contributed by atoms with Crippen molar-refractivity contribution in [3.8, 4) is 12.3 Å². The third-order valence-corrected chi connectivity index (χ3v) is 1.78. The van der Waals surface area contributed by atoms with Gasteiger partial charge in [0.25, 0.3) is 0 Å². The molecule has 1 rings (SSSR count). The summed E-state index contributed by atoms with van der Waals surface area (Å²) < 4.78 is 0. The van der Waals surface area contributed by atoms with E-state index in [1.807, 2.05) is 24.8 Å². The molecule has 0 fully saturated rings. The van der Waals surface area contributed by atoms with E-state index in [9.17, 15) is 0 Å². The molecule has 0 aromatic heterocycles. The third kappa shape index (κ3) is 2.83. The number of rotatable bonds is 1. The minimum atomic E-state index is 0. The van der Waals surface area contributed by atoms with Gasteiger partial charge in [0, 0.05) is 32.7 Å². The predicted molar refractivity (Wildman–Crippen MR) is 50.9 cm³/mol. The molecule has 0 N–H and O–H groups in total. The van der Waals surface area contributed by atoms with Gasteiger partial charge in [-0.05, 0) is 13.5 Å². The summed E-state index contributed by atoms with van der Waals surface area (Å²) in [5, 5.41) is 0. The van der Waals surface area contributed by atoms with Crippen LogP contribution in [0.2, 0.25) is 0 Å². The van der Waals surface area contributed by atoms with Crippen LogP contribution in [-0.2, 0) is 32.7 Å². The van der Waals surface area contributed by atoms with E-state index >= 15 is 0 Å². The van der Waals surface area contributed by atoms with Gasteiger partial charge < -0.3 is 4.90 Å². The average Bonchev–Trinajstić information content (AvgIpc) is 2.08. The minimum absolute atomic E-state index is 0. The number of likely N-dealkylation sites (N-methyl/N-ethyl adjacent to an activating group) is 1. The van der Waals surface area contributed by atoms with E-state index in [0.29, 0.717) is 0 Å². The van der Waals surface area contributed by atoms with Crippen molar-refractivity contribution in [1.82, 2.24) is 4.90 Å². The van der Waals surface area contributed by atoms with E-state index in [2.05, 4.69) is 18.7 Å². The fourth-order valence-electron chi connectivity index (χ4n) is 1.15. The molecule has 2 heteroatoms. The first-order chi connectivity index (χ1) is 5.69. The average molecular weight is 247 g/mol. The van der Waals surface area contributed by atoms with Gasteiger partial charge in [0.15, 0.2) is 0 Å². The molecule has 0 unspecified atom stereocenters. The van der Waals surface area contributed by atoms with Crippen LogP contribution in [0, 0.1) is 18.5 Å². The van der Waals surface area contributed by atoms with Crippen LogP contribution in [0.15, 0.2) is 29.5 Å². The molecule has 0 bridgehead atoms. The smallest absolute Gasteiger partial charge is 0 e. The molecule has 0 spiro atoms. The Hall–Kier alpha value is -0.316. The Labute approximate surface area is 105 Å². The molecule has 1 nitrogen and oxygen atoms in total. The second-order valence-corrected chi connectivity index (χ2v) is 2.69. The van der Waals surface area contributed by atoms with Crippen LogP contribution in [0.25, 0.3) is 0 Å². The number of nitrogens with zero attached hydrogens (tertiary/aromatic N) is 1. The second kappa shape index (κ2) is 5.42. The quantitative estimate of drug-likeness (QED) is 0.506. The first-order valence-corrected chi connectivity index (χ1v) is 3.94. The first-order valence-electron chi connectivity index (χ1n) is 3.94. The van der Waals surface area contributed by atoms with Crippen molar-refractivity contribution in [2.75, 3.05) is 6.54 Å². The molecule has 0 amide bonds. The van der Waals surface area contributed by atoms with E-state index in [1.165, 1.54) is 0 Å². The van der Waals surface area contributed by atoms with Crippen molar-refractivity contribution in [2.45, 2.75) is 13.8 Å². The fourth-order valence-corrected chi connectivity index (χ4v) is 1.15. The summed E-state index contributed by atoms with van der Waals surface area (Å²) in [5.41, 5.74) is 2.77. The Morgan fingerprint density at radius 3 is 2.77 bits per heavy atom. The summed E-state index contributed by atoms with van der Waals surface area (Å²) in [6.07, 6.45) is 10.4. The molecular weight excluding hydrogens is 235 g/mol. The zero-order valence-electron chi connectivity index (χ0n) is 8.09. The van der Waals surface area contributed by atoms with Gasteiger partial charge in [0.2, 0.25) is 0 Å². The molecule has 0 aliphatic carbocycles. The molecule has 1 aliphatic rings. The zero-order valence-corrected chi connectivity index (χ0v) is 10.9. The fraction of sp³-hybridized carbons (Fsp3) is 0.273. The molecule has 0 aromatic rings. The van der Waals surface area contributed by atoms with Gasteiger partial charge in [0.05, 0.1) is 0 Å². The van der Waals surface area contributed by atoms with E-state index in [-0.39, 0.29) is 32.7 Å². The van der Waals surface area contributed by atoms with Crippen LogP contribution in [0.4, 0.5) is 0 Å². The van der Waals surface area contributed by atoms with Gasteiger partial charge in [-0.15, -0.1) is 24.7 Å². The van der Waals surface area contributed by atoms with E-state index < -0.39 is 0 Å². The molecule has 0 atom stereocenters. The maximum absolute atomic E-state index is 5.33. The van der Waals surface area contributed by atoms with Gasteiger partial charge in [-0.1, -0.05) is 30.3 Å². The summed E-state index contributed by atoms with van der Waals surface area (Å²) in [6, 6.07) is 0. The first kappa shape index (κ1) is 12.7. The van der Waals surface area contributed by atoms with Crippen LogP contribution in [0.3, 0.4) is 0 Å². The second-order valence-electron chi connectivity index (χ2n) is 2.69. The maximum Gasteiger partial charge on any atom is 0 e. The number of terminal acetylenes is 1. The summed E-state index contributed by atoms with van der Waals surface area (Å²) >= 11 is 0. The van der Waals surface area contributed by atoms with Crippen molar-refractivity contribution >= 4 is 0 Å². The molecule has 0 saturated carbocycles. The monoisotopic (exact) mass is 247 g/mol. The van der Waals surface area contributed by atoms with Crippen molar-refractivity contribution in [3.05, 3.63) is 35.7 Å². The van der Waals surface area contributed by atoms with Gasteiger partial charge >= 0.3 is 0 Å². The standard InChI is InChI=1S/C11H12N.Y/c1-5-11-7-9(3)8-12(6-2)10(11)4;/h1,7H,4,6H2,2-3H3;/q-1;. The van der Waals surface area contributed by atoms with Gasteiger partial charge in [-0.25, -0.2) is 0 Å². The molecule has 0 aromatic carbocycles. The summed E-state index contributed by atoms with van der Waals surface area (Å²) in [6.45, 7) is 8.77. The molecule has 13 heavy (non-hydrogen) atoms. The van der Waals surface area contributed by atoms with Crippen molar-refractivity contribution in [1.29, 1.82) is 0 Å². The largest absolute Gasteiger partial charge is 0.455 e. The van der Waals surface area contributed by atoms with Gasteiger partial charge in [-0.3, -0.25) is 0 Å². The van der Waals surface area contributed by atoms with Gasteiger partial charge in [0.1, 0.15) is 0 Å². The molecule has 65 valence electrons. The van der Waals surface area contributed by atoms with Gasteiger partial charge in [-0.2, -0.15) is 0 Å². The van der Waals surface area contributed by atoms with Crippen molar-refractivity contribution in [2.24, 2.45) is 0 Å². The molecule has 1 radical (unpaired) electrons. The summed E-state index contributed by atoms with van der Waals surface area (Å²) in [7, 11) is 0. The number of hydrogen-bond donors (Lipinski definition) is 0. The summed E-state index contributed by atoms with van der Waals surface area (Å²) in [4.78, 5) is 1.94. The normalized spacial score (nSPS) is 15.5. The van der Waals surface area contributed by atoms with Crippen LogP contribution >= 0.6 is 0 Å². The summed E-state index contributed by atoms with van der Waals surface area (Å²) in [5.74, 6) is 2.61. The zero-order chi connectivity index (χ0) is 9.14. The van der Waals surface area contributed by atoms with Crippen LogP contribution in [0.5, 0.6) is 0 Å². The minimum Gasteiger partial charge on any atom is -0.455 e. The Morgan fingerprint density at radius 1 is 1.69 bits per heavy atom. The van der Waals surface area contributed by atoms with Crippen molar-refractivity contribution in [3.63, 3.8) is 0 Å². The molecular formula is C11H12NY-. The topological polar surface area (TPSA) is 3.24 Å². The Bertz CT molecular complexity index is 305. The van der Waals surface area contributed by atoms with Crippen LogP contribution in [-0.4, -0.2) is 11.4 Å². The maximum atomic E-state index is 5.33. The SMILES string of the molecule is C#CC1=CC(C)=[C-]N(CC)C1=C.[Y].